The lowest BCUT2D eigenvalue weighted by molar-refractivity contribution is 0.142. The molecule has 2 aliphatic heterocycles. The Labute approximate surface area is 122 Å². The van der Waals surface area contributed by atoms with Gasteiger partial charge in [-0.25, -0.2) is 0 Å². The number of rotatable bonds is 2. The highest BCUT2D eigenvalue weighted by Crippen LogP contribution is 2.27. The van der Waals surface area contributed by atoms with Crippen molar-refractivity contribution < 1.29 is 0 Å². The van der Waals surface area contributed by atoms with Crippen LogP contribution in [0.5, 0.6) is 0 Å². The summed E-state index contributed by atoms with van der Waals surface area (Å²) in [5.74, 6) is 1.85. The molecular formula is C14H22Cl2N2. The number of halogens is 2. The van der Waals surface area contributed by atoms with Crippen LogP contribution in [0, 0.1) is 11.8 Å². The summed E-state index contributed by atoms with van der Waals surface area (Å²) < 4.78 is 0. The second kappa shape index (κ2) is 7.34. The van der Waals surface area contributed by atoms with Gasteiger partial charge in [-0.05, 0) is 43.5 Å². The molecular weight excluding hydrogens is 267 g/mol. The van der Waals surface area contributed by atoms with Crippen LogP contribution in [0.2, 0.25) is 0 Å². The molecule has 0 amide bonds. The van der Waals surface area contributed by atoms with Crippen molar-refractivity contribution in [3.8, 4) is 0 Å². The largest absolute Gasteiger partial charge is 0.316 e. The van der Waals surface area contributed by atoms with Gasteiger partial charge < -0.3 is 5.32 Å². The quantitative estimate of drug-likeness (QED) is 0.900. The van der Waals surface area contributed by atoms with Crippen molar-refractivity contribution in [1.82, 2.24) is 10.2 Å². The van der Waals surface area contributed by atoms with Crippen molar-refractivity contribution in [3.63, 3.8) is 0 Å². The Morgan fingerprint density at radius 2 is 1.78 bits per heavy atom. The van der Waals surface area contributed by atoms with E-state index in [0.29, 0.717) is 0 Å². The smallest absolute Gasteiger partial charge is 0.0233 e. The second-order valence-electron chi connectivity index (χ2n) is 5.19. The molecule has 3 rings (SSSR count). The summed E-state index contributed by atoms with van der Waals surface area (Å²) in [7, 11) is 0. The monoisotopic (exact) mass is 288 g/mol. The van der Waals surface area contributed by atoms with Gasteiger partial charge in [-0.3, -0.25) is 4.90 Å². The molecule has 18 heavy (non-hydrogen) atoms. The normalized spacial score (nSPS) is 26.9. The topological polar surface area (TPSA) is 15.3 Å². The van der Waals surface area contributed by atoms with Crippen molar-refractivity contribution >= 4 is 24.8 Å². The number of nitrogens with one attached hydrogen (secondary N) is 1. The molecule has 0 unspecified atom stereocenters. The number of hydrogen-bond acceptors (Lipinski definition) is 2. The van der Waals surface area contributed by atoms with Crippen LogP contribution in [-0.4, -0.2) is 31.1 Å². The number of nitrogens with zero attached hydrogens (tertiary/aromatic N) is 1. The summed E-state index contributed by atoms with van der Waals surface area (Å²) in [4.78, 5) is 2.61. The van der Waals surface area contributed by atoms with Crippen LogP contribution in [-0.2, 0) is 6.54 Å². The van der Waals surface area contributed by atoms with Gasteiger partial charge >= 0.3 is 0 Å². The standard InChI is InChI=1S/C14H20N2.2ClH/c1-2-4-12(5-3-1)10-16-7-6-13-8-15-9-14(13)11-16;;/h1-5,13-15H,6-11H2;2*1H/t13-,14-;;/m0../s1. The molecule has 0 saturated carbocycles. The van der Waals surface area contributed by atoms with Gasteiger partial charge in [0.1, 0.15) is 0 Å². The van der Waals surface area contributed by atoms with Crippen molar-refractivity contribution in [2.75, 3.05) is 26.2 Å². The van der Waals surface area contributed by atoms with Crippen molar-refractivity contribution in [3.05, 3.63) is 35.9 Å². The third kappa shape index (κ3) is 3.61. The van der Waals surface area contributed by atoms with E-state index in [-0.39, 0.29) is 24.8 Å². The Morgan fingerprint density at radius 1 is 1.06 bits per heavy atom. The first-order chi connectivity index (χ1) is 7.92. The van der Waals surface area contributed by atoms with Crippen LogP contribution in [0.3, 0.4) is 0 Å². The second-order valence-corrected chi connectivity index (χ2v) is 5.19. The van der Waals surface area contributed by atoms with E-state index in [2.05, 4.69) is 40.5 Å². The molecule has 0 aliphatic carbocycles. The maximum absolute atomic E-state index is 3.52. The predicted octanol–water partition coefficient (Wildman–Crippen LogP) is 2.57. The number of benzene rings is 1. The average molecular weight is 289 g/mol. The molecule has 2 aliphatic rings. The molecule has 102 valence electrons. The zero-order valence-electron chi connectivity index (χ0n) is 10.5. The Bertz CT molecular complexity index is 345. The first kappa shape index (κ1) is 15.8. The molecule has 0 bridgehead atoms. The highest BCUT2D eigenvalue weighted by atomic mass is 35.5. The number of hydrogen-bond donors (Lipinski definition) is 1. The van der Waals surface area contributed by atoms with Crippen molar-refractivity contribution in [2.24, 2.45) is 11.8 Å². The Hall–Kier alpha value is -0.280. The Balaban J connectivity index is 0.000000810. The molecule has 2 atom stereocenters. The van der Waals surface area contributed by atoms with E-state index >= 15 is 0 Å². The highest BCUT2D eigenvalue weighted by molar-refractivity contribution is 5.85. The first-order valence-corrected chi connectivity index (χ1v) is 6.39. The van der Waals surface area contributed by atoms with Gasteiger partial charge in [-0.1, -0.05) is 30.3 Å². The highest BCUT2D eigenvalue weighted by Gasteiger charge is 2.32. The molecule has 0 aromatic heterocycles. The number of piperidine rings is 1. The molecule has 2 heterocycles. The van der Waals surface area contributed by atoms with Crippen LogP contribution in [0.25, 0.3) is 0 Å². The van der Waals surface area contributed by atoms with Crippen molar-refractivity contribution in [2.45, 2.75) is 13.0 Å². The third-order valence-corrected chi connectivity index (χ3v) is 4.04. The Kier molecular flexibility index (Phi) is 6.44. The van der Waals surface area contributed by atoms with Crippen molar-refractivity contribution in [1.29, 1.82) is 0 Å². The average Bonchev–Trinajstić information content (AvgIpc) is 2.77. The van der Waals surface area contributed by atoms with E-state index in [1.807, 2.05) is 0 Å². The minimum Gasteiger partial charge on any atom is -0.316 e. The molecule has 2 fully saturated rings. The van der Waals surface area contributed by atoms with E-state index < -0.39 is 0 Å². The lowest BCUT2D eigenvalue weighted by Crippen LogP contribution is -2.39. The fraction of sp³-hybridized carbons (Fsp3) is 0.571. The predicted molar refractivity (Wildman–Crippen MR) is 80.7 cm³/mol. The van der Waals surface area contributed by atoms with Crippen LogP contribution in [0.1, 0.15) is 12.0 Å². The maximum atomic E-state index is 3.52. The van der Waals surface area contributed by atoms with Crippen LogP contribution in [0.4, 0.5) is 0 Å². The van der Waals surface area contributed by atoms with Crippen LogP contribution >= 0.6 is 24.8 Å². The minimum atomic E-state index is 0. The van der Waals surface area contributed by atoms with Gasteiger partial charge in [0.15, 0.2) is 0 Å². The summed E-state index contributed by atoms with van der Waals surface area (Å²) in [5, 5.41) is 3.52. The van der Waals surface area contributed by atoms with Gasteiger partial charge in [0.25, 0.3) is 0 Å². The summed E-state index contributed by atoms with van der Waals surface area (Å²) in [6.45, 7) is 6.17. The molecule has 1 aromatic carbocycles. The first-order valence-electron chi connectivity index (χ1n) is 6.39. The molecule has 0 radical (unpaired) electrons. The molecule has 2 saturated heterocycles. The van der Waals surface area contributed by atoms with Gasteiger partial charge in [0.05, 0.1) is 0 Å². The van der Waals surface area contributed by atoms with E-state index in [1.54, 1.807) is 0 Å². The van der Waals surface area contributed by atoms with E-state index in [4.69, 9.17) is 0 Å². The molecule has 1 aromatic rings. The minimum absolute atomic E-state index is 0. The molecule has 4 heteroatoms. The van der Waals surface area contributed by atoms with Gasteiger partial charge in [-0.2, -0.15) is 0 Å². The van der Waals surface area contributed by atoms with E-state index in [9.17, 15) is 0 Å². The summed E-state index contributed by atoms with van der Waals surface area (Å²) >= 11 is 0. The maximum Gasteiger partial charge on any atom is 0.0233 e. The van der Waals surface area contributed by atoms with Crippen LogP contribution < -0.4 is 5.32 Å². The lowest BCUT2D eigenvalue weighted by Gasteiger charge is -2.34. The number of likely N-dealkylation sites (tertiary alicyclic amines) is 1. The molecule has 2 nitrogen and oxygen atoms in total. The SMILES string of the molecule is Cl.Cl.c1ccc(CN2CC[C@H]3CNC[C@H]3C2)cc1. The summed E-state index contributed by atoms with van der Waals surface area (Å²) in [6.07, 6.45) is 1.38. The van der Waals surface area contributed by atoms with Gasteiger partial charge in [0, 0.05) is 13.1 Å². The zero-order chi connectivity index (χ0) is 10.8. The van der Waals surface area contributed by atoms with E-state index in [0.717, 1.165) is 18.4 Å². The third-order valence-electron chi connectivity index (χ3n) is 4.04. The van der Waals surface area contributed by atoms with Gasteiger partial charge in [-0.15, -0.1) is 24.8 Å². The molecule has 1 N–H and O–H groups in total. The Morgan fingerprint density at radius 3 is 2.56 bits per heavy atom. The van der Waals surface area contributed by atoms with Gasteiger partial charge in [0.2, 0.25) is 0 Å². The number of fused-ring (bicyclic) bond motifs is 1. The fourth-order valence-electron chi connectivity index (χ4n) is 3.10. The fourth-order valence-corrected chi connectivity index (χ4v) is 3.10. The molecule has 0 spiro atoms. The summed E-state index contributed by atoms with van der Waals surface area (Å²) in [5.41, 5.74) is 1.45. The van der Waals surface area contributed by atoms with Crippen LogP contribution in [0.15, 0.2) is 30.3 Å². The lowest BCUT2D eigenvalue weighted by atomic mass is 9.88. The van der Waals surface area contributed by atoms with E-state index in [1.165, 1.54) is 38.2 Å². The summed E-state index contributed by atoms with van der Waals surface area (Å²) in [6, 6.07) is 10.8. The zero-order valence-corrected chi connectivity index (χ0v) is 12.2.